The Labute approximate surface area is 167 Å². The van der Waals surface area contributed by atoms with Crippen LogP contribution in [0.15, 0.2) is 54.6 Å². The van der Waals surface area contributed by atoms with Crippen LogP contribution in [0.1, 0.15) is 48.5 Å². The van der Waals surface area contributed by atoms with Crippen molar-refractivity contribution in [1.82, 2.24) is 10.2 Å². The third kappa shape index (κ3) is 5.35. The number of piperidine rings is 1. The van der Waals surface area contributed by atoms with E-state index in [9.17, 15) is 9.59 Å². The summed E-state index contributed by atoms with van der Waals surface area (Å²) in [6.45, 7) is 3.42. The van der Waals surface area contributed by atoms with E-state index in [1.165, 1.54) is 5.56 Å². The predicted octanol–water partition coefficient (Wildman–Crippen LogP) is 4.46. The number of benzene rings is 2. The molecule has 0 bridgehead atoms. The van der Waals surface area contributed by atoms with Crippen LogP contribution < -0.4 is 10.6 Å². The third-order valence-electron chi connectivity index (χ3n) is 5.11. The van der Waals surface area contributed by atoms with Gasteiger partial charge in [-0.15, -0.1) is 0 Å². The number of hydrogen-bond donors (Lipinski definition) is 2. The number of likely N-dealkylation sites (tertiary alicyclic amines) is 1. The van der Waals surface area contributed by atoms with E-state index < -0.39 is 0 Å². The van der Waals surface area contributed by atoms with Gasteiger partial charge in [-0.2, -0.15) is 0 Å². The highest BCUT2D eigenvalue weighted by atomic mass is 16.2. The first-order valence-corrected chi connectivity index (χ1v) is 10.2. The molecule has 3 rings (SSSR count). The average Bonchev–Trinajstić information content (AvgIpc) is 2.73. The van der Waals surface area contributed by atoms with Crippen molar-refractivity contribution in [3.8, 4) is 0 Å². The van der Waals surface area contributed by atoms with Gasteiger partial charge in [0.2, 0.25) is 0 Å². The molecule has 28 heavy (non-hydrogen) atoms. The molecule has 1 heterocycles. The molecule has 1 aliphatic heterocycles. The van der Waals surface area contributed by atoms with Crippen LogP contribution in [-0.4, -0.2) is 36.0 Å². The highest BCUT2D eigenvalue weighted by Crippen LogP contribution is 2.22. The summed E-state index contributed by atoms with van der Waals surface area (Å²) in [5.74, 6) is -0.113. The summed E-state index contributed by atoms with van der Waals surface area (Å²) in [5, 5.41) is 5.85. The van der Waals surface area contributed by atoms with Gasteiger partial charge in [0.25, 0.3) is 5.91 Å². The summed E-state index contributed by atoms with van der Waals surface area (Å²) in [6.07, 6.45) is 4.95. The number of nitrogens with zero attached hydrogens (tertiary/aromatic N) is 1. The Morgan fingerprint density at radius 2 is 1.89 bits per heavy atom. The van der Waals surface area contributed by atoms with Crippen molar-refractivity contribution in [1.29, 1.82) is 0 Å². The fraction of sp³-hybridized carbons (Fsp3) is 0.391. The Bertz CT molecular complexity index is 791. The molecule has 148 valence electrons. The van der Waals surface area contributed by atoms with Gasteiger partial charge in [-0.1, -0.05) is 43.3 Å². The third-order valence-corrected chi connectivity index (χ3v) is 5.11. The van der Waals surface area contributed by atoms with Crippen molar-refractivity contribution in [3.63, 3.8) is 0 Å². The Morgan fingerprint density at radius 1 is 1.07 bits per heavy atom. The average molecular weight is 380 g/mol. The van der Waals surface area contributed by atoms with Crippen LogP contribution in [-0.2, 0) is 6.42 Å². The molecule has 2 aromatic rings. The van der Waals surface area contributed by atoms with Gasteiger partial charge >= 0.3 is 6.03 Å². The molecule has 0 spiro atoms. The minimum atomic E-state index is -0.113. The summed E-state index contributed by atoms with van der Waals surface area (Å²) in [6, 6.07) is 17.6. The summed E-state index contributed by atoms with van der Waals surface area (Å²) in [4.78, 5) is 27.0. The lowest BCUT2D eigenvalue weighted by Crippen LogP contribution is -2.46. The highest BCUT2D eigenvalue weighted by Gasteiger charge is 2.27. The Morgan fingerprint density at radius 3 is 2.68 bits per heavy atom. The first-order valence-electron chi connectivity index (χ1n) is 10.2. The van der Waals surface area contributed by atoms with E-state index in [0.29, 0.717) is 17.8 Å². The molecule has 1 atom stereocenters. The normalized spacial score (nSPS) is 16.5. The molecule has 1 aliphatic rings. The SMILES string of the molecule is CCCNC(=O)c1cccc(NC(=O)N2CCCCC2Cc2ccccc2)c1. The van der Waals surface area contributed by atoms with Gasteiger partial charge in [-0.05, 0) is 55.9 Å². The summed E-state index contributed by atoms with van der Waals surface area (Å²) in [5.41, 5.74) is 2.46. The molecule has 2 aromatic carbocycles. The number of urea groups is 1. The van der Waals surface area contributed by atoms with Crippen molar-refractivity contribution >= 4 is 17.6 Å². The van der Waals surface area contributed by atoms with Gasteiger partial charge in [-0.3, -0.25) is 4.79 Å². The Balaban J connectivity index is 1.66. The number of amides is 3. The monoisotopic (exact) mass is 379 g/mol. The standard InChI is InChI=1S/C23H29N3O2/c1-2-14-24-22(27)19-11-8-12-20(17-19)25-23(28)26-15-7-6-13-21(26)16-18-9-4-3-5-10-18/h3-5,8-12,17,21H,2,6-7,13-16H2,1H3,(H,24,27)(H,25,28). The van der Waals surface area contributed by atoms with Gasteiger partial charge in [0, 0.05) is 30.4 Å². The molecule has 1 saturated heterocycles. The zero-order valence-electron chi connectivity index (χ0n) is 16.5. The second-order valence-electron chi connectivity index (χ2n) is 7.30. The maximum atomic E-state index is 12.9. The number of rotatable bonds is 6. The van der Waals surface area contributed by atoms with Gasteiger partial charge in [0.1, 0.15) is 0 Å². The van der Waals surface area contributed by atoms with Gasteiger partial charge in [0.05, 0.1) is 0 Å². The minimum Gasteiger partial charge on any atom is -0.352 e. The highest BCUT2D eigenvalue weighted by molar-refractivity contribution is 5.96. The zero-order valence-corrected chi connectivity index (χ0v) is 16.5. The maximum Gasteiger partial charge on any atom is 0.322 e. The Hall–Kier alpha value is -2.82. The smallest absolute Gasteiger partial charge is 0.322 e. The second kappa shape index (κ2) is 9.93. The van der Waals surface area contributed by atoms with Gasteiger partial charge in [0.15, 0.2) is 0 Å². The van der Waals surface area contributed by atoms with Crippen molar-refractivity contribution in [3.05, 3.63) is 65.7 Å². The van der Waals surface area contributed by atoms with E-state index in [4.69, 9.17) is 0 Å². The molecule has 0 aromatic heterocycles. The van der Waals surface area contributed by atoms with E-state index in [1.807, 2.05) is 36.1 Å². The molecule has 1 fully saturated rings. The minimum absolute atomic E-state index is 0.0910. The Kier molecular flexibility index (Phi) is 7.06. The van der Waals surface area contributed by atoms with Crippen LogP contribution in [0.3, 0.4) is 0 Å². The number of hydrogen-bond acceptors (Lipinski definition) is 2. The van der Waals surface area contributed by atoms with Crippen LogP contribution in [0.2, 0.25) is 0 Å². The van der Waals surface area contributed by atoms with Crippen molar-refractivity contribution < 1.29 is 9.59 Å². The van der Waals surface area contributed by atoms with Gasteiger partial charge in [-0.25, -0.2) is 4.79 Å². The molecule has 0 radical (unpaired) electrons. The van der Waals surface area contributed by atoms with E-state index in [2.05, 4.69) is 22.8 Å². The molecule has 1 unspecified atom stereocenters. The van der Waals surface area contributed by atoms with E-state index in [-0.39, 0.29) is 18.0 Å². The van der Waals surface area contributed by atoms with Crippen LogP contribution in [0.25, 0.3) is 0 Å². The van der Waals surface area contributed by atoms with E-state index in [1.54, 1.807) is 18.2 Å². The maximum absolute atomic E-state index is 12.9. The largest absolute Gasteiger partial charge is 0.352 e. The molecule has 5 heteroatoms. The second-order valence-corrected chi connectivity index (χ2v) is 7.30. The molecule has 0 saturated carbocycles. The number of carbonyl (C=O) groups is 2. The summed E-state index contributed by atoms with van der Waals surface area (Å²) in [7, 11) is 0. The molecule has 2 N–H and O–H groups in total. The van der Waals surface area contributed by atoms with E-state index >= 15 is 0 Å². The van der Waals surface area contributed by atoms with Crippen LogP contribution in [0.5, 0.6) is 0 Å². The fourth-order valence-corrected chi connectivity index (χ4v) is 3.64. The lowest BCUT2D eigenvalue weighted by Gasteiger charge is -2.36. The van der Waals surface area contributed by atoms with Crippen LogP contribution in [0, 0.1) is 0 Å². The molecule has 3 amide bonds. The number of carbonyl (C=O) groups excluding carboxylic acids is 2. The number of nitrogens with one attached hydrogen (secondary N) is 2. The van der Waals surface area contributed by atoms with E-state index in [0.717, 1.165) is 38.6 Å². The molecular formula is C23H29N3O2. The predicted molar refractivity (Wildman–Crippen MR) is 113 cm³/mol. The summed E-state index contributed by atoms with van der Waals surface area (Å²) >= 11 is 0. The molecule has 0 aliphatic carbocycles. The van der Waals surface area contributed by atoms with Crippen molar-refractivity contribution in [2.75, 3.05) is 18.4 Å². The number of anilines is 1. The fourth-order valence-electron chi connectivity index (χ4n) is 3.64. The van der Waals surface area contributed by atoms with Crippen molar-refractivity contribution in [2.45, 2.75) is 45.1 Å². The lowest BCUT2D eigenvalue weighted by atomic mass is 9.96. The molecule has 5 nitrogen and oxygen atoms in total. The first kappa shape index (κ1) is 19.9. The van der Waals surface area contributed by atoms with Gasteiger partial charge < -0.3 is 15.5 Å². The quantitative estimate of drug-likeness (QED) is 0.779. The van der Waals surface area contributed by atoms with Crippen LogP contribution in [0.4, 0.5) is 10.5 Å². The summed E-state index contributed by atoms with van der Waals surface area (Å²) < 4.78 is 0. The zero-order chi connectivity index (χ0) is 19.8. The van der Waals surface area contributed by atoms with Crippen molar-refractivity contribution in [2.24, 2.45) is 0 Å². The molecular weight excluding hydrogens is 350 g/mol. The first-order chi connectivity index (χ1) is 13.7. The lowest BCUT2D eigenvalue weighted by molar-refractivity contribution is 0.0953. The van der Waals surface area contributed by atoms with Crippen LogP contribution >= 0.6 is 0 Å². The topological polar surface area (TPSA) is 61.4 Å².